The molecular weight excluding hydrogens is 482 g/mol. The van der Waals surface area contributed by atoms with Crippen molar-refractivity contribution < 1.29 is 22.4 Å². The maximum Gasteiger partial charge on any atom is 0.418 e. The molecule has 3 aromatic carbocycles. The number of alkyl halides is 3. The molecule has 4 aromatic rings. The molecular formula is C24H19F4N5OS. The lowest BCUT2D eigenvalue weighted by molar-refractivity contribution is -0.137. The Balaban J connectivity index is 1.52. The van der Waals surface area contributed by atoms with Crippen LogP contribution in [0.1, 0.15) is 11.4 Å². The average Bonchev–Trinajstić information content (AvgIpc) is 3.26. The number of carbonyl (C=O) groups is 1. The number of para-hydroxylation sites is 2. The van der Waals surface area contributed by atoms with Gasteiger partial charge in [-0.15, -0.1) is 10.2 Å². The zero-order valence-corrected chi connectivity index (χ0v) is 18.9. The van der Waals surface area contributed by atoms with E-state index in [0.717, 1.165) is 17.8 Å². The molecule has 0 radical (unpaired) electrons. The summed E-state index contributed by atoms with van der Waals surface area (Å²) in [5.74, 6) is -0.378. The molecule has 1 heterocycles. The van der Waals surface area contributed by atoms with Gasteiger partial charge >= 0.3 is 6.18 Å². The van der Waals surface area contributed by atoms with Crippen LogP contribution in [0.5, 0.6) is 0 Å². The van der Waals surface area contributed by atoms with Crippen LogP contribution < -0.4 is 10.6 Å². The molecule has 1 amide bonds. The zero-order chi connectivity index (χ0) is 24.8. The van der Waals surface area contributed by atoms with Crippen molar-refractivity contribution in [3.05, 3.63) is 96.1 Å². The van der Waals surface area contributed by atoms with Crippen molar-refractivity contribution in [1.29, 1.82) is 0 Å². The summed E-state index contributed by atoms with van der Waals surface area (Å²) in [6.07, 6.45) is -4.50. The normalized spacial score (nSPS) is 11.3. The van der Waals surface area contributed by atoms with Gasteiger partial charge < -0.3 is 10.6 Å². The van der Waals surface area contributed by atoms with Crippen LogP contribution in [0.3, 0.4) is 0 Å². The van der Waals surface area contributed by atoms with Gasteiger partial charge in [-0.25, -0.2) is 4.39 Å². The number of nitrogens with zero attached hydrogens (tertiary/aromatic N) is 3. The maximum atomic E-state index is 13.3. The minimum absolute atomic E-state index is 0.00726. The number of nitrogens with one attached hydrogen (secondary N) is 2. The standard InChI is InChI=1S/C24H19F4N5OS/c25-16-10-12-17(13-11-16)30-22(34)15-35-23-32-31-21(33(23)18-6-2-1-3-7-18)14-29-20-9-5-4-8-19(20)24(26,27)28/h1-13,29H,14-15H2,(H,30,34). The topological polar surface area (TPSA) is 71.8 Å². The zero-order valence-electron chi connectivity index (χ0n) is 18.1. The molecule has 2 N–H and O–H groups in total. The Morgan fingerprint density at radius 1 is 0.914 bits per heavy atom. The fourth-order valence-corrected chi connectivity index (χ4v) is 4.03. The van der Waals surface area contributed by atoms with Gasteiger partial charge in [-0.2, -0.15) is 13.2 Å². The first-order valence-corrected chi connectivity index (χ1v) is 11.4. The molecule has 180 valence electrons. The molecule has 0 fully saturated rings. The van der Waals surface area contributed by atoms with Crippen molar-refractivity contribution in [2.24, 2.45) is 0 Å². The van der Waals surface area contributed by atoms with Crippen molar-refractivity contribution in [3.63, 3.8) is 0 Å². The first-order valence-electron chi connectivity index (χ1n) is 10.4. The summed E-state index contributed by atoms with van der Waals surface area (Å²) < 4.78 is 54.8. The molecule has 35 heavy (non-hydrogen) atoms. The number of aromatic nitrogens is 3. The van der Waals surface area contributed by atoms with E-state index in [4.69, 9.17) is 0 Å². The monoisotopic (exact) mass is 501 g/mol. The third kappa shape index (κ3) is 6.18. The van der Waals surface area contributed by atoms with E-state index in [0.29, 0.717) is 22.4 Å². The second-order valence-electron chi connectivity index (χ2n) is 7.31. The average molecular weight is 502 g/mol. The molecule has 4 rings (SSSR count). The van der Waals surface area contributed by atoms with E-state index in [2.05, 4.69) is 20.8 Å². The third-order valence-corrected chi connectivity index (χ3v) is 5.77. The lowest BCUT2D eigenvalue weighted by Gasteiger charge is -2.15. The highest BCUT2D eigenvalue weighted by Crippen LogP contribution is 2.35. The molecule has 0 aliphatic rings. The number of benzene rings is 3. The molecule has 6 nitrogen and oxygen atoms in total. The van der Waals surface area contributed by atoms with Gasteiger partial charge in [0.05, 0.1) is 17.9 Å². The smallest absolute Gasteiger partial charge is 0.377 e. The lowest BCUT2D eigenvalue weighted by atomic mass is 10.1. The Morgan fingerprint density at radius 2 is 1.60 bits per heavy atom. The van der Waals surface area contributed by atoms with Crippen molar-refractivity contribution in [2.45, 2.75) is 17.9 Å². The summed E-state index contributed by atoms with van der Waals surface area (Å²) in [6.45, 7) is -0.0304. The summed E-state index contributed by atoms with van der Waals surface area (Å²) in [5.41, 5.74) is 0.294. The van der Waals surface area contributed by atoms with Gasteiger partial charge in [0, 0.05) is 17.1 Å². The lowest BCUT2D eigenvalue weighted by Crippen LogP contribution is -2.15. The maximum absolute atomic E-state index is 13.3. The van der Waals surface area contributed by atoms with E-state index >= 15 is 0 Å². The highest BCUT2D eigenvalue weighted by Gasteiger charge is 2.33. The van der Waals surface area contributed by atoms with Gasteiger partial charge in [0.1, 0.15) is 5.82 Å². The van der Waals surface area contributed by atoms with Crippen LogP contribution in [-0.4, -0.2) is 26.4 Å². The van der Waals surface area contributed by atoms with Crippen LogP contribution in [0.15, 0.2) is 84.0 Å². The summed E-state index contributed by atoms with van der Waals surface area (Å²) >= 11 is 1.12. The van der Waals surface area contributed by atoms with Crippen molar-refractivity contribution in [2.75, 3.05) is 16.4 Å². The van der Waals surface area contributed by atoms with Gasteiger partial charge in [-0.3, -0.25) is 9.36 Å². The van der Waals surface area contributed by atoms with E-state index in [9.17, 15) is 22.4 Å². The SMILES string of the molecule is O=C(CSc1nnc(CNc2ccccc2C(F)(F)F)n1-c1ccccc1)Nc1ccc(F)cc1. The largest absolute Gasteiger partial charge is 0.418 e. The number of carbonyl (C=O) groups excluding carboxylic acids is 1. The second kappa shape index (κ2) is 10.6. The minimum Gasteiger partial charge on any atom is -0.377 e. The van der Waals surface area contributed by atoms with Crippen LogP contribution in [0, 0.1) is 5.82 Å². The summed E-state index contributed by atoms with van der Waals surface area (Å²) in [6, 6.07) is 19.6. The molecule has 0 saturated carbocycles. The van der Waals surface area contributed by atoms with E-state index < -0.39 is 17.6 Å². The number of amides is 1. The Bertz CT molecular complexity index is 1290. The van der Waals surface area contributed by atoms with Gasteiger partial charge in [0.15, 0.2) is 11.0 Å². The van der Waals surface area contributed by atoms with Crippen LogP contribution >= 0.6 is 11.8 Å². The van der Waals surface area contributed by atoms with Gasteiger partial charge in [0.2, 0.25) is 5.91 Å². The van der Waals surface area contributed by atoms with Gasteiger partial charge in [0.25, 0.3) is 0 Å². The molecule has 11 heteroatoms. The third-order valence-electron chi connectivity index (χ3n) is 4.84. The molecule has 0 atom stereocenters. The molecule has 0 aliphatic heterocycles. The number of rotatable bonds is 8. The van der Waals surface area contributed by atoms with Crippen LogP contribution in [-0.2, 0) is 17.5 Å². The highest BCUT2D eigenvalue weighted by molar-refractivity contribution is 7.99. The van der Waals surface area contributed by atoms with Gasteiger partial charge in [-0.05, 0) is 48.5 Å². The molecule has 0 aliphatic carbocycles. The predicted molar refractivity (Wildman–Crippen MR) is 126 cm³/mol. The first-order chi connectivity index (χ1) is 16.8. The van der Waals surface area contributed by atoms with Crippen molar-refractivity contribution in [3.8, 4) is 5.69 Å². The van der Waals surface area contributed by atoms with E-state index in [1.807, 2.05) is 6.07 Å². The Morgan fingerprint density at radius 3 is 2.31 bits per heavy atom. The van der Waals surface area contributed by atoms with Crippen molar-refractivity contribution >= 4 is 29.0 Å². The molecule has 0 saturated heterocycles. The highest BCUT2D eigenvalue weighted by atomic mass is 32.2. The molecule has 0 spiro atoms. The van der Waals surface area contributed by atoms with E-state index in [-0.39, 0.29) is 23.9 Å². The quantitative estimate of drug-likeness (QED) is 0.237. The van der Waals surface area contributed by atoms with Crippen molar-refractivity contribution in [1.82, 2.24) is 14.8 Å². The van der Waals surface area contributed by atoms with Crippen LogP contribution in [0.2, 0.25) is 0 Å². The number of halogens is 4. The molecule has 0 bridgehead atoms. The summed E-state index contributed by atoms with van der Waals surface area (Å²) in [7, 11) is 0. The Labute approximate surface area is 202 Å². The Kier molecular flexibility index (Phi) is 7.35. The fraction of sp³-hybridized carbons (Fsp3) is 0.125. The first kappa shape index (κ1) is 24.3. The number of hydrogen-bond acceptors (Lipinski definition) is 5. The number of anilines is 2. The molecule has 1 aromatic heterocycles. The van der Waals surface area contributed by atoms with Crippen LogP contribution in [0.4, 0.5) is 28.9 Å². The second-order valence-corrected chi connectivity index (χ2v) is 8.25. The van der Waals surface area contributed by atoms with Crippen LogP contribution in [0.25, 0.3) is 5.69 Å². The van der Waals surface area contributed by atoms with E-state index in [1.54, 1.807) is 28.8 Å². The summed E-state index contributed by atoms with van der Waals surface area (Å²) in [5, 5.41) is 14.2. The van der Waals surface area contributed by atoms with Gasteiger partial charge in [-0.1, -0.05) is 42.1 Å². The van der Waals surface area contributed by atoms with E-state index in [1.165, 1.54) is 42.5 Å². The summed E-state index contributed by atoms with van der Waals surface area (Å²) in [4.78, 5) is 12.4. The minimum atomic E-state index is -4.50. The number of thioether (sulfide) groups is 1. The predicted octanol–water partition coefficient (Wildman–Crippen LogP) is 5.77. The Hall–Kier alpha value is -3.86. The molecule has 0 unspecified atom stereocenters. The number of hydrogen-bond donors (Lipinski definition) is 2. The fourth-order valence-electron chi connectivity index (χ4n) is 3.26.